The van der Waals surface area contributed by atoms with Gasteiger partial charge >= 0.3 is 0 Å². The number of benzene rings is 1. The minimum Gasteiger partial charge on any atom is -0.492 e. The van der Waals surface area contributed by atoms with Gasteiger partial charge in [0.2, 0.25) is 0 Å². The summed E-state index contributed by atoms with van der Waals surface area (Å²) in [5.41, 5.74) is 1.24. The number of aromatic nitrogens is 2. The minimum atomic E-state index is -0.203. The third kappa shape index (κ3) is 6.55. The van der Waals surface area contributed by atoms with Crippen LogP contribution in [0.5, 0.6) is 11.5 Å². The minimum absolute atomic E-state index is 0.00119. The zero-order valence-electron chi connectivity index (χ0n) is 17.6. The van der Waals surface area contributed by atoms with Crippen molar-refractivity contribution >= 4 is 11.6 Å². The first kappa shape index (κ1) is 22.8. The van der Waals surface area contributed by atoms with Crippen molar-refractivity contribution in [3.8, 4) is 17.2 Å². The Morgan fingerprint density at radius 3 is 2.48 bits per heavy atom. The molecule has 2 aromatic heterocycles. The number of halogens is 1. The molecule has 0 unspecified atom stereocenters. The molecule has 1 aromatic carbocycles. The highest BCUT2D eigenvalue weighted by atomic mass is 35.5. The van der Waals surface area contributed by atoms with Crippen LogP contribution in [-0.2, 0) is 6.61 Å². The Hall–Kier alpha value is -2.87. The van der Waals surface area contributed by atoms with Gasteiger partial charge in [0.1, 0.15) is 24.7 Å². The third-order valence-electron chi connectivity index (χ3n) is 4.74. The van der Waals surface area contributed by atoms with E-state index in [1.54, 1.807) is 30.6 Å². The van der Waals surface area contributed by atoms with Gasteiger partial charge in [0, 0.05) is 36.7 Å². The molecule has 164 valence electrons. The van der Waals surface area contributed by atoms with Gasteiger partial charge in [-0.1, -0.05) is 11.6 Å². The number of pyridine rings is 2. The Balaban J connectivity index is 1.58. The quantitative estimate of drug-likeness (QED) is 0.483. The fourth-order valence-corrected chi connectivity index (χ4v) is 3.00. The van der Waals surface area contributed by atoms with E-state index < -0.39 is 0 Å². The Morgan fingerprint density at radius 2 is 1.87 bits per heavy atom. The van der Waals surface area contributed by atoms with Gasteiger partial charge in [-0.2, -0.15) is 0 Å². The molecule has 3 aromatic rings. The number of ether oxygens (including phenoxy) is 2. The Bertz CT molecular complexity index is 1020. The van der Waals surface area contributed by atoms with Crippen LogP contribution in [0.3, 0.4) is 0 Å². The number of aliphatic hydroxyl groups is 1. The molecule has 7 nitrogen and oxygen atoms in total. The predicted octanol–water partition coefficient (Wildman–Crippen LogP) is 3.50. The van der Waals surface area contributed by atoms with E-state index in [0.29, 0.717) is 29.7 Å². The highest BCUT2D eigenvalue weighted by Gasteiger charge is 2.08. The number of hydrogen-bond donors (Lipinski definition) is 1. The van der Waals surface area contributed by atoms with Crippen molar-refractivity contribution in [3.63, 3.8) is 0 Å². The average molecular weight is 444 g/mol. The zero-order valence-corrected chi connectivity index (χ0v) is 18.3. The molecule has 0 radical (unpaired) electrons. The standard InChI is InChI=1S/C23H26ClN3O4/c1-17(2)26(16-28)11-12-30-21-7-5-20(6-8-21)27-10-9-22(13-23(27)29)31-15-19-4-3-18(24)14-25-19/h3-10,13-14,17,28H,11-12,15-16H2,1-2H3. The largest absolute Gasteiger partial charge is 0.492 e. The molecule has 31 heavy (non-hydrogen) atoms. The average Bonchev–Trinajstić information content (AvgIpc) is 2.77. The van der Waals surface area contributed by atoms with Crippen LogP contribution in [0.15, 0.2) is 65.7 Å². The Labute approximate surface area is 186 Å². The number of rotatable bonds is 10. The molecule has 0 amide bonds. The monoisotopic (exact) mass is 443 g/mol. The van der Waals surface area contributed by atoms with Gasteiger partial charge in [-0.05, 0) is 56.3 Å². The van der Waals surface area contributed by atoms with E-state index >= 15 is 0 Å². The summed E-state index contributed by atoms with van der Waals surface area (Å²) in [6.45, 7) is 5.38. The van der Waals surface area contributed by atoms with Gasteiger partial charge in [-0.15, -0.1) is 0 Å². The second-order valence-corrected chi connectivity index (χ2v) is 7.65. The molecule has 0 aliphatic carbocycles. The molecular formula is C23H26ClN3O4. The fourth-order valence-electron chi connectivity index (χ4n) is 2.89. The maximum absolute atomic E-state index is 12.5. The van der Waals surface area contributed by atoms with E-state index in [1.807, 2.05) is 43.0 Å². The van der Waals surface area contributed by atoms with Gasteiger partial charge in [0.05, 0.1) is 17.4 Å². The van der Waals surface area contributed by atoms with Gasteiger partial charge in [0.15, 0.2) is 0 Å². The summed E-state index contributed by atoms with van der Waals surface area (Å²) in [6, 6.07) is 14.2. The predicted molar refractivity (Wildman–Crippen MR) is 120 cm³/mol. The Morgan fingerprint density at radius 1 is 1.10 bits per heavy atom. The summed E-state index contributed by atoms with van der Waals surface area (Å²) in [7, 11) is 0. The Kier molecular flexibility index (Phi) is 8.06. The van der Waals surface area contributed by atoms with E-state index in [1.165, 1.54) is 10.6 Å². The van der Waals surface area contributed by atoms with Crippen molar-refractivity contribution in [1.82, 2.24) is 14.5 Å². The lowest BCUT2D eigenvalue weighted by Crippen LogP contribution is -2.35. The van der Waals surface area contributed by atoms with Crippen molar-refractivity contribution < 1.29 is 14.6 Å². The molecule has 8 heteroatoms. The number of aliphatic hydroxyl groups excluding tert-OH is 1. The summed E-state index contributed by atoms with van der Waals surface area (Å²) in [5.74, 6) is 1.17. The maximum Gasteiger partial charge on any atom is 0.258 e. The van der Waals surface area contributed by atoms with Crippen molar-refractivity contribution in [2.75, 3.05) is 19.9 Å². The third-order valence-corrected chi connectivity index (χ3v) is 4.96. The SMILES string of the molecule is CC(C)N(CO)CCOc1ccc(-n2ccc(OCc3ccc(Cl)cn3)cc2=O)cc1. The van der Waals surface area contributed by atoms with Crippen LogP contribution in [-0.4, -0.2) is 45.5 Å². The van der Waals surface area contributed by atoms with Crippen LogP contribution in [0.2, 0.25) is 5.02 Å². The van der Waals surface area contributed by atoms with Gasteiger partial charge in [-0.25, -0.2) is 0 Å². The molecule has 3 rings (SSSR count). The second-order valence-electron chi connectivity index (χ2n) is 7.22. The van der Waals surface area contributed by atoms with Crippen LogP contribution < -0.4 is 15.0 Å². The first-order valence-corrected chi connectivity index (χ1v) is 10.4. The van der Waals surface area contributed by atoms with Gasteiger partial charge in [-0.3, -0.25) is 19.2 Å². The summed E-state index contributed by atoms with van der Waals surface area (Å²) in [5, 5.41) is 9.88. The molecule has 0 aliphatic heterocycles. The molecule has 0 saturated heterocycles. The summed E-state index contributed by atoms with van der Waals surface area (Å²) >= 11 is 5.82. The topological polar surface area (TPSA) is 76.8 Å². The molecule has 0 aliphatic rings. The van der Waals surface area contributed by atoms with E-state index in [9.17, 15) is 9.90 Å². The molecule has 0 atom stereocenters. The molecule has 0 saturated carbocycles. The van der Waals surface area contributed by atoms with Crippen molar-refractivity contribution in [1.29, 1.82) is 0 Å². The molecule has 2 heterocycles. The molecular weight excluding hydrogens is 418 g/mol. The van der Waals surface area contributed by atoms with E-state index in [2.05, 4.69) is 4.98 Å². The highest BCUT2D eigenvalue weighted by Crippen LogP contribution is 2.16. The lowest BCUT2D eigenvalue weighted by Gasteiger charge is -2.23. The molecule has 0 fully saturated rings. The van der Waals surface area contributed by atoms with Crippen LogP contribution >= 0.6 is 11.6 Å². The smallest absolute Gasteiger partial charge is 0.258 e. The van der Waals surface area contributed by atoms with Gasteiger partial charge in [0.25, 0.3) is 5.56 Å². The first-order valence-electron chi connectivity index (χ1n) is 10.0. The summed E-state index contributed by atoms with van der Waals surface area (Å²) in [6.07, 6.45) is 3.23. The fraction of sp³-hybridized carbons (Fsp3) is 0.304. The van der Waals surface area contributed by atoms with Crippen LogP contribution in [0, 0.1) is 0 Å². The maximum atomic E-state index is 12.5. The van der Waals surface area contributed by atoms with Crippen LogP contribution in [0.25, 0.3) is 5.69 Å². The van der Waals surface area contributed by atoms with E-state index in [0.717, 1.165) is 11.4 Å². The number of hydrogen-bond acceptors (Lipinski definition) is 6. The normalized spacial score (nSPS) is 11.2. The van der Waals surface area contributed by atoms with Crippen LogP contribution in [0.4, 0.5) is 0 Å². The van der Waals surface area contributed by atoms with Crippen molar-refractivity contribution in [2.24, 2.45) is 0 Å². The molecule has 0 spiro atoms. The summed E-state index contributed by atoms with van der Waals surface area (Å²) in [4.78, 5) is 18.6. The van der Waals surface area contributed by atoms with Crippen LogP contribution in [0.1, 0.15) is 19.5 Å². The zero-order chi connectivity index (χ0) is 22.2. The number of nitrogens with zero attached hydrogens (tertiary/aromatic N) is 3. The van der Waals surface area contributed by atoms with Gasteiger partial charge < -0.3 is 14.6 Å². The van der Waals surface area contributed by atoms with Crippen molar-refractivity contribution in [3.05, 3.63) is 82.0 Å². The molecule has 0 bridgehead atoms. The summed E-state index contributed by atoms with van der Waals surface area (Å²) < 4.78 is 12.9. The lowest BCUT2D eigenvalue weighted by molar-refractivity contribution is 0.0671. The second kappa shape index (κ2) is 10.9. The van der Waals surface area contributed by atoms with Crippen molar-refractivity contribution in [2.45, 2.75) is 26.5 Å². The lowest BCUT2D eigenvalue weighted by atomic mass is 10.3. The van der Waals surface area contributed by atoms with E-state index in [4.69, 9.17) is 21.1 Å². The van der Waals surface area contributed by atoms with E-state index in [-0.39, 0.29) is 24.9 Å². The molecule has 1 N–H and O–H groups in total. The highest BCUT2D eigenvalue weighted by molar-refractivity contribution is 6.30. The first-order chi connectivity index (χ1) is 15.0.